The summed E-state index contributed by atoms with van der Waals surface area (Å²) in [6.07, 6.45) is 1.90. The Hall–Kier alpha value is -1.71. The van der Waals surface area contributed by atoms with Crippen LogP contribution in [0.4, 0.5) is 0 Å². The number of benzene rings is 1. The van der Waals surface area contributed by atoms with Crippen molar-refractivity contribution in [2.45, 2.75) is 26.3 Å². The summed E-state index contributed by atoms with van der Waals surface area (Å²) in [7, 11) is 0. The average molecular weight is 203 g/mol. The summed E-state index contributed by atoms with van der Waals surface area (Å²) in [5.41, 5.74) is 0.987. The molecule has 0 spiro atoms. The van der Waals surface area contributed by atoms with E-state index >= 15 is 0 Å². The second-order valence-electron chi connectivity index (χ2n) is 4.49. The van der Waals surface area contributed by atoms with Gasteiger partial charge in [-0.15, -0.1) is 4.68 Å². The fourth-order valence-corrected chi connectivity index (χ4v) is 1.24. The van der Waals surface area contributed by atoms with Gasteiger partial charge in [-0.2, -0.15) is 0 Å². The normalized spacial score (nSPS) is 11.7. The number of tetrazole rings is 1. The molecule has 0 amide bonds. The van der Waals surface area contributed by atoms with E-state index in [0.29, 0.717) is 0 Å². The van der Waals surface area contributed by atoms with Gasteiger partial charge in [0.1, 0.15) is 16.4 Å². The molecule has 0 unspecified atom stereocenters. The lowest BCUT2D eigenvalue weighted by molar-refractivity contribution is -0.806. The van der Waals surface area contributed by atoms with Gasteiger partial charge >= 0.3 is 0 Å². The zero-order valence-electron chi connectivity index (χ0n) is 9.25. The molecule has 4 heteroatoms. The summed E-state index contributed by atoms with van der Waals surface area (Å²) >= 11 is 0. The van der Waals surface area contributed by atoms with Crippen LogP contribution < -0.4 is 4.68 Å². The number of rotatable bonds is 1. The number of nitrogens with zero attached hydrogens (tertiary/aromatic N) is 4. The highest BCUT2D eigenvalue weighted by Gasteiger charge is 2.21. The van der Waals surface area contributed by atoms with Crippen LogP contribution >= 0.6 is 0 Å². The van der Waals surface area contributed by atoms with Gasteiger partial charge in [0, 0.05) is 0 Å². The molecule has 0 atom stereocenters. The third-order valence-corrected chi connectivity index (χ3v) is 2.16. The summed E-state index contributed by atoms with van der Waals surface area (Å²) in [4.78, 5) is 0. The van der Waals surface area contributed by atoms with Crippen molar-refractivity contribution in [3.8, 4) is 5.69 Å². The second kappa shape index (κ2) is 3.46. The van der Waals surface area contributed by atoms with Crippen LogP contribution in [0.1, 0.15) is 20.8 Å². The van der Waals surface area contributed by atoms with Crippen molar-refractivity contribution < 1.29 is 4.68 Å². The Morgan fingerprint density at radius 1 is 1.13 bits per heavy atom. The summed E-state index contributed by atoms with van der Waals surface area (Å²) in [5, 5.41) is 8.18. The number of para-hydroxylation sites is 1. The summed E-state index contributed by atoms with van der Waals surface area (Å²) < 4.78 is 3.62. The molecule has 0 aliphatic carbocycles. The predicted molar refractivity (Wildman–Crippen MR) is 56.6 cm³/mol. The topological polar surface area (TPSA) is 34.6 Å². The molecule has 78 valence electrons. The van der Waals surface area contributed by atoms with E-state index in [-0.39, 0.29) is 5.54 Å². The Morgan fingerprint density at radius 3 is 2.33 bits per heavy atom. The Balaban J connectivity index is 2.37. The molecule has 1 aromatic heterocycles. The van der Waals surface area contributed by atoms with Gasteiger partial charge in [-0.3, -0.25) is 0 Å². The molecule has 1 aromatic carbocycles. The van der Waals surface area contributed by atoms with Crippen LogP contribution in [-0.2, 0) is 5.54 Å². The maximum Gasteiger partial charge on any atom is 0.251 e. The first kappa shape index (κ1) is 9.83. The smallest absolute Gasteiger partial charge is 0.134 e. The molecular formula is C11H15N4+. The average Bonchev–Trinajstić information content (AvgIpc) is 2.67. The van der Waals surface area contributed by atoms with E-state index in [4.69, 9.17) is 0 Å². The van der Waals surface area contributed by atoms with E-state index in [0.717, 1.165) is 5.69 Å². The number of hydrogen-bond donors (Lipinski definition) is 0. The van der Waals surface area contributed by atoms with E-state index in [1.54, 1.807) is 4.68 Å². The van der Waals surface area contributed by atoms with Crippen LogP contribution in [0.5, 0.6) is 0 Å². The monoisotopic (exact) mass is 203 g/mol. The first-order chi connectivity index (χ1) is 7.07. The minimum Gasteiger partial charge on any atom is -0.134 e. The molecule has 0 N–H and O–H groups in total. The van der Waals surface area contributed by atoms with E-state index < -0.39 is 0 Å². The summed E-state index contributed by atoms with van der Waals surface area (Å²) in [6, 6.07) is 9.96. The molecule has 0 aliphatic rings. The van der Waals surface area contributed by atoms with E-state index in [1.807, 2.05) is 41.3 Å². The van der Waals surface area contributed by atoms with Gasteiger partial charge < -0.3 is 0 Å². The zero-order valence-corrected chi connectivity index (χ0v) is 9.25. The molecular weight excluding hydrogens is 188 g/mol. The van der Waals surface area contributed by atoms with Crippen molar-refractivity contribution in [3.63, 3.8) is 0 Å². The maximum absolute atomic E-state index is 4.09. The van der Waals surface area contributed by atoms with Gasteiger partial charge in [0.2, 0.25) is 0 Å². The highest BCUT2D eigenvalue weighted by molar-refractivity contribution is 5.28. The lowest BCUT2D eigenvalue weighted by Gasteiger charge is -2.10. The number of hydrogen-bond acceptors (Lipinski definition) is 2. The summed E-state index contributed by atoms with van der Waals surface area (Å²) in [5.74, 6) is 0. The molecule has 2 aromatic rings. The molecule has 0 saturated carbocycles. The van der Waals surface area contributed by atoms with Crippen LogP contribution in [0.15, 0.2) is 36.7 Å². The molecule has 0 fully saturated rings. The summed E-state index contributed by atoms with van der Waals surface area (Å²) in [6.45, 7) is 6.28. The van der Waals surface area contributed by atoms with Crippen LogP contribution in [0.25, 0.3) is 5.69 Å². The van der Waals surface area contributed by atoms with Crippen molar-refractivity contribution in [3.05, 3.63) is 36.7 Å². The Kier molecular flexibility index (Phi) is 2.26. The van der Waals surface area contributed by atoms with E-state index in [2.05, 4.69) is 31.2 Å². The van der Waals surface area contributed by atoms with Crippen LogP contribution in [0.3, 0.4) is 0 Å². The van der Waals surface area contributed by atoms with Gasteiger partial charge in [0.25, 0.3) is 6.33 Å². The Bertz CT molecular complexity index is 439. The van der Waals surface area contributed by atoms with Crippen LogP contribution in [0.2, 0.25) is 0 Å². The lowest BCUT2D eigenvalue weighted by atomic mass is 10.1. The SMILES string of the molecule is CC(C)(C)[n+]1cn(-c2ccccc2)nn1. The third kappa shape index (κ3) is 2.03. The van der Waals surface area contributed by atoms with Crippen molar-refractivity contribution in [1.82, 2.24) is 15.1 Å². The van der Waals surface area contributed by atoms with Crippen molar-refractivity contribution in [2.75, 3.05) is 0 Å². The third-order valence-electron chi connectivity index (χ3n) is 2.16. The quantitative estimate of drug-likeness (QED) is 0.655. The highest BCUT2D eigenvalue weighted by Crippen LogP contribution is 2.05. The van der Waals surface area contributed by atoms with Gasteiger partial charge in [-0.05, 0) is 32.9 Å². The largest absolute Gasteiger partial charge is 0.251 e. The molecule has 0 radical (unpaired) electrons. The van der Waals surface area contributed by atoms with Crippen molar-refractivity contribution in [1.29, 1.82) is 0 Å². The predicted octanol–water partition coefficient (Wildman–Crippen LogP) is 1.31. The fraction of sp³-hybridized carbons (Fsp3) is 0.364. The molecule has 0 saturated heterocycles. The zero-order chi connectivity index (χ0) is 10.9. The van der Waals surface area contributed by atoms with Crippen LogP contribution in [0, 0.1) is 0 Å². The molecule has 0 bridgehead atoms. The molecule has 4 nitrogen and oxygen atoms in total. The van der Waals surface area contributed by atoms with E-state index in [9.17, 15) is 0 Å². The Labute approximate surface area is 89.1 Å². The fourth-order valence-electron chi connectivity index (χ4n) is 1.24. The second-order valence-corrected chi connectivity index (χ2v) is 4.49. The molecule has 2 rings (SSSR count). The van der Waals surface area contributed by atoms with Gasteiger partial charge in [0.05, 0.1) is 0 Å². The van der Waals surface area contributed by atoms with Crippen molar-refractivity contribution in [2.24, 2.45) is 0 Å². The van der Waals surface area contributed by atoms with Crippen molar-refractivity contribution >= 4 is 0 Å². The van der Waals surface area contributed by atoms with Gasteiger partial charge in [-0.1, -0.05) is 22.9 Å². The minimum atomic E-state index is -0.0347. The molecule has 0 aliphatic heterocycles. The molecule has 1 heterocycles. The van der Waals surface area contributed by atoms with Gasteiger partial charge in [-0.25, -0.2) is 0 Å². The first-order valence-corrected chi connectivity index (χ1v) is 4.97. The molecule has 15 heavy (non-hydrogen) atoms. The minimum absolute atomic E-state index is 0.0347. The van der Waals surface area contributed by atoms with Gasteiger partial charge in [0.15, 0.2) is 5.21 Å². The maximum atomic E-state index is 4.09. The Morgan fingerprint density at radius 2 is 1.80 bits per heavy atom. The standard InChI is InChI=1S/C11H15N4/c1-11(2,3)15-9-14(12-13-15)10-7-5-4-6-8-10/h4-9H,1-3H3/q+1. The lowest BCUT2D eigenvalue weighted by Crippen LogP contribution is -2.51. The first-order valence-electron chi connectivity index (χ1n) is 4.97. The van der Waals surface area contributed by atoms with Crippen LogP contribution in [-0.4, -0.2) is 15.1 Å². The number of aromatic nitrogens is 4. The van der Waals surface area contributed by atoms with E-state index in [1.165, 1.54) is 0 Å². The highest BCUT2D eigenvalue weighted by atomic mass is 15.6.